The Morgan fingerprint density at radius 3 is 2.48 bits per heavy atom. The fourth-order valence-corrected chi connectivity index (χ4v) is 2.91. The molecular formula is C23H20N4O2. The third kappa shape index (κ3) is 4.66. The highest BCUT2D eigenvalue weighted by atomic mass is 16.2. The molecular weight excluding hydrogens is 364 g/mol. The lowest BCUT2D eigenvalue weighted by atomic mass is 10.1. The summed E-state index contributed by atoms with van der Waals surface area (Å²) >= 11 is 0. The molecule has 0 aliphatic heterocycles. The van der Waals surface area contributed by atoms with E-state index >= 15 is 0 Å². The normalized spacial score (nSPS) is 10.1. The van der Waals surface area contributed by atoms with E-state index in [4.69, 9.17) is 5.26 Å². The van der Waals surface area contributed by atoms with Crippen molar-refractivity contribution in [3.63, 3.8) is 0 Å². The molecule has 2 aromatic carbocycles. The van der Waals surface area contributed by atoms with Crippen molar-refractivity contribution in [2.75, 3.05) is 10.6 Å². The SMILES string of the molecule is CCc1cccc(C)c1NC(=O)c1cc(C(=O)Nc2ccc(C#N)cc2)ccn1. The molecule has 0 fully saturated rings. The maximum atomic E-state index is 12.7. The van der Waals surface area contributed by atoms with Crippen LogP contribution < -0.4 is 10.6 Å². The number of nitriles is 1. The number of anilines is 2. The quantitative estimate of drug-likeness (QED) is 0.684. The molecule has 3 aromatic rings. The van der Waals surface area contributed by atoms with Crippen molar-refractivity contribution in [2.45, 2.75) is 20.3 Å². The highest BCUT2D eigenvalue weighted by Gasteiger charge is 2.14. The number of amides is 2. The minimum absolute atomic E-state index is 0.155. The average Bonchev–Trinajstić information content (AvgIpc) is 2.75. The fraction of sp³-hybridized carbons (Fsp3) is 0.130. The van der Waals surface area contributed by atoms with E-state index in [9.17, 15) is 9.59 Å². The molecule has 2 amide bonds. The van der Waals surface area contributed by atoms with Crippen molar-refractivity contribution in [3.05, 3.63) is 88.7 Å². The number of rotatable bonds is 5. The van der Waals surface area contributed by atoms with Crippen molar-refractivity contribution in [1.82, 2.24) is 4.98 Å². The lowest BCUT2D eigenvalue weighted by Gasteiger charge is -2.13. The van der Waals surface area contributed by atoms with Crippen LogP contribution in [0.2, 0.25) is 0 Å². The number of hydrogen-bond donors (Lipinski definition) is 2. The second-order valence-electron chi connectivity index (χ2n) is 6.49. The first kappa shape index (κ1) is 19.8. The summed E-state index contributed by atoms with van der Waals surface area (Å²) in [4.78, 5) is 29.3. The first-order valence-electron chi connectivity index (χ1n) is 9.19. The molecule has 1 heterocycles. The van der Waals surface area contributed by atoms with E-state index in [-0.39, 0.29) is 17.5 Å². The Kier molecular flexibility index (Phi) is 6.00. The zero-order valence-electron chi connectivity index (χ0n) is 16.2. The molecule has 6 heteroatoms. The molecule has 2 N–H and O–H groups in total. The summed E-state index contributed by atoms with van der Waals surface area (Å²) in [5.41, 5.74) is 4.31. The zero-order valence-corrected chi connectivity index (χ0v) is 16.2. The first-order valence-corrected chi connectivity index (χ1v) is 9.19. The minimum atomic E-state index is -0.373. The lowest BCUT2D eigenvalue weighted by Crippen LogP contribution is -2.18. The van der Waals surface area contributed by atoms with E-state index in [0.717, 1.165) is 23.2 Å². The van der Waals surface area contributed by atoms with Crippen molar-refractivity contribution in [2.24, 2.45) is 0 Å². The van der Waals surface area contributed by atoms with Gasteiger partial charge in [-0.3, -0.25) is 14.6 Å². The van der Waals surface area contributed by atoms with E-state index in [1.165, 1.54) is 12.3 Å². The summed E-state index contributed by atoms with van der Waals surface area (Å²) in [6.45, 7) is 3.96. The molecule has 0 saturated heterocycles. The van der Waals surface area contributed by atoms with Crippen LogP contribution in [0.3, 0.4) is 0 Å². The molecule has 6 nitrogen and oxygen atoms in total. The van der Waals surface area contributed by atoms with Gasteiger partial charge >= 0.3 is 0 Å². The Morgan fingerprint density at radius 1 is 1.03 bits per heavy atom. The molecule has 29 heavy (non-hydrogen) atoms. The highest BCUT2D eigenvalue weighted by Crippen LogP contribution is 2.22. The summed E-state index contributed by atoms with van der Waals surface area (Å²) in [5.74, 6) is -0.738. The number of nitrogens with zero attached hydrogens (tertiary/aromatic N) is 2. The number of hydrogen-bond acceptors (Lipinski definition) is 4. The second-order valence-corrected chi connectivity index (χ2v) is 6.49. The third-order valence-electron chi connectivity index (χ3n) is 4.51. The van der Waals surface area contributed by atoms with Gasteiger partial charge in [-0.25, -0.2) is 0 Å². The van der Waals surface area contributed by atoms with Crippen LogP contribution >= 0.6 is 0 Å². The van der Waals surface area contributed by atoms with Gasteiger partial charge < -0.3 is 10.6 Å². The van der Waals surface area contributed by atoms with E-state index in [1.54, 1.807) is 30.3 Å². The molecule has 0 aliphatic carbocycles. The molecule has 0 aliphatic rings. The van der Waals surface area contributed by atoms with Gasteiger partial charge in [-0.2, -0.15) is 5.26 Å². The Labute approximate surface area is 169 Å². The first-order chi connectivity index (χ1) is 14.0. The van der Waals surface area contributed by atoms with Gasteiger partial charge in [0.05, 0.1) is 11.6 Å². The van der Waals surface area contributed by atoms with Crippen LogP contribution in [-0.4, -0.2) is 16.8 Å². The number of para-hydroxylation sites is 1. The molecule has 0 unspecified atom stereocenters. The number of nitrogens with one attached hydrogen (secondary N) is 2. The molecule has 0 atom stereocenters. The summed E-state index contributed by atoms with van der Waals surface area (Å²) in [6, 6.07) is 17.4. The van der Waals surface area contributed by atoms with Crippen LogP contribution in [0.15, 0.2) is 60.8 Å². The van der Waals surface area contributed by atoms with Gasteiger partial charge in [0.25, 0.3) is 11.8 Å². The van der Waals surface area contributed by atoms with Crippen molar-refractivity contribution >= 4 is 23.2 Å². The van der Waals surface area contributed by atoms with Gasteiger partial charge in [0.1, 0.15) is 5.69 Å². The standard InChI is InChI=1S/C23H20N4O2/c1-3-17-6-4-5-15(2)21(17)27-23(29)20-13-18(11-12-25-20)22(28)26-19-9-7-16(14-24)8-10-19/h4-13H,3H2,1-2H3,(H,26,28)(H,27,29). The van der Waals surface area contributed by atoms with Crippen LogP contribution in [0.1, 0.15) is 44.5 Å². The summed E-state index contributed by atoms with van der Waals surface area (Å²) in [5, 5.41) is 14.5. The van der Waals surface area contributed by atoms with Gasteiger partial charge in [0, 0.05) is 23.1 Å². The molecule has 0 bridgehead atoms. The van der Waals surface area contributed by atoms with E-state index in [2.05, 4.69) is 15.6 Å². The van der Waals surface area contributed by atoms with Crippen LogP contribution in [-0.2, 0) is 6.42 Å². The van der Waals surface area contributed by atoms with E-state index in [1.807, 2.05) is 38.1 Å². The van der Waals surface area contributed by atoms with E-state index < -0.39 is 0 Å². The molecule has 0 saturated carbocycles. The summed E-state index contributed by atoms with van der Waals surface area (Å²) in [6.07, 6.45) is 2.22. The molecule has 3 rings (SSSR count). The summed E-state index contributed by atoms with van der Waals surface area (Å²) < 4.78 is 0. The minimum Gasteiger partial charge on any atom is -0.322 e. The zero-order chi connectivity index (χ0) is 20.8. The Bertz CT molecular complexity index is 1100. The number of pyridine rings is 1. The Balaban J connectivity index is 1.77. The molecule has 144 valence electrons. The van der Waals surface area contributed by atoms with Crippen molar-refractivity contribution in [3.8, 4) is 6.07 Å². The number of benzene rings is 2. The molecule has 0 spiro atoms. The largest absolute Gasteiger partial charge is 0.322 e. The van der Waals surface area contributed by atoms with E-state index in [0.29, 0.717) is 16.8 Å². The van der Waals surface area contributed by atoms with Crippen molar-refractivity contribution in [1.29, 1.82) is 5.26 Å². The second kappa shape index (κ2) is 8.81. The van der Waals surface area contributed by atoms with Crippen LogP contribution in [0, 0.1) is 18.3 Å². The maximum Gasteiger partial charge on any atom is 0.274 e. The number of aryl methyl sites for hydroxylation is 2. The van der Waals surface area contributed by atoms with Gasteiger partial charge in [0.2, 0.25) is 0 Å². The van der Waals surface area contributed by atoms with Gasteiger partial charge in [-0.05, 0) is 60.9 Å². The molecule has 1 aromatic heterocycles. The predicted molar refractivity (Wildman–Crippen MR) is 112 cm³/mol. The smallest absolute Gasteiger partial charge is 0.274 e. The lowest BCUT2D eigenvalue weighted by molar-refractivity contribution is 0.102. The highest BCUT2D eigenvalue weighted by molar-refractivity contribution is 6.08. The number of carbonyl (C=O) groups is 2. The summed E-state index contributed by atoms with van der Waals surface area (Å²) in [7, 11) is 0. The Hall–Kier alpha value is -3.98. The third-order valence-corrected chi connectivity index (χ3v) is 4.51. The maximum absolute atomic E-state index is 12.7. The van der Waals surface area contributed by atoms with Gasteiger partial charge in [-0.15, -0.1) is 0 Å². The Morgan fingerprint density at radius 2 is 1.79 bits per heavy atom. The van der Waals surface area contributed by atoms with Crippen LogP contribution in [0.25, 0.3) is 0 Å². The fourth-order valence-electron chi connectivity index (χ4n) is 2.91. The predicted octanol–water partition coefficient (Wildman–Crippen LogP) is 4.33. The van der Waals surface area contributed by atoms with Gasteiger partial charge in [-0.1, -0.05) is 25.1 Å². The monoisotopic (exact) mass is 384 g/mol. The topological polar surface area (TPSA) is 94.9 Å². The average molecular weight is 384 g/mol. The molecule has 0 radical (unpaired) electrons. The van der Waals surface area contributed by atoms with Crippen LogP contribution in [0.4, 0.5) is 11.4 Å². The van der Waals surface area contributed by atoms with Gasteiger partial charge in [0.15, 0.2) is 0 Å². The number of carbonyl (C=O) groups excluding carboxylic acids is 2. The number of aromatic nitrogens is 1. The van der Waals surface area contributed by atoms with Crippen LogP contribution in [0.5, 0.6) is 0 Å². The van der Waals surface area contributed by atoms with Crippen molar-refractivity contribution < 1.29 is 9.59 Å².